The van der Waals surface area contributed by atoms with Crippen LogP contribution in [0.4, 0.5) is 0 Å². The number of nitrogens with zero attached hydrogens (tertiary/aromatic N) is 1. The fourth-order valence-corrected chi connectivity index (χ4v) is 2.40. The molecule has 1 fully saturated rings. The van der Waals surface area contributed by atoms with Crippen molar-refractivity contribution in [3.05, 3.63) is 34.9 Å². The lowest BCUT2D eigenvalue weighted by atomic mass is 9.99. The van der Waals surface area contributed by atoms with Gasteiger partial charge in [0.2, 0.25) is 0 Å². The zero-order valence-corrected chi connectivity index (χ0v) is 11.4. The average molecular weight is 249 g/mol. The fraction of sp³-hybridized carbons (Fsp3) is 0.600. The van der Waals surface area contributed by atoms with Gasteiger partial charge in [0.25, 0.3) is 0 Å². The van der Waals surface area contributed by atoms with Crippen molar-refractivity contribution in [2.24, 2.45) is 0 Å². The van der Waals surface area contributed by atoms with E-state index in [1.165, 1.54) is 11.1 Å². The topological polar surface area (TPSA) is 32.7 Å². The summed E-state index contributed by atoms with van der Waals surface area (Å²) in [5.74, 6) is 0. The van der Waals surface area contributed by atoms with Crippen molar-refractivity contribution in [3.63, 3.8) is 0 Å². The van der Waals surface area contributed by atoms with Crippen molar-refractivity contribution in [2.75, 3.05) is 32.8 Å². The molecule has 0 amide bonds. The minimum atomic E-state index is -0.354. The monoisotopic (exact) mass is 249 g/mol. The minimum Gasteiger partial charge on any atom is -0.388 e. The summed E-state index contributed by atoms with van der Waals surface area (Å²) in [6, 6.07) is 6.27. The van der Waals surface area contributed by atoms with Gasteiger partial charge >= 0.3 is 0 Å². The van der Waals surface area contributed by atoms with E-state index in [2.05, 4.69) is 36.9 Å². The number of hydrogen-bond acceptors (Lipinski definition) is 3. The van der Waals surface area contributed by atoms with Gasteiger partial charge in [-0.15, -0.1) is 0 Å². The lowest BCUT2D eigenvalue weighted by Gasteiger charge is -2.27. The molecule has 1 aliphatic rings. The molecule has 0 saturated carbocycles. The predicted molar refractivity (Wildman–Crippen MR) is 72.8 cm³/mol. The highest BCUT2D eigenvalue weighted by Gasteiger charge is 2.15. The number of aryl methyl sites for hydroxylation is 2. The van der Waals surface area contributed by atoms with Gasteiger partial charge in [-0.25, -0.2) is 0 Å². The molecule has 0 aliphatic carbocycles. The molecule has 2 rings (SSSR count). The summed E-state index contributed by atoms with van der Waals surface area (Å²) in [7, 11) is 0. The maximum Gasteiger partial charge on any atom is 0.0804 e. The number of aliphatic hydroxyl groups is 1. The van der Waals surface area contributed by atoms with Crippen molar-refractivity contribution >= 4 is 0 Å². The van der Waals surface area contributed by atoms with Gasteiger partial charge in [-0.05, 0) is 31.4 Å². The molecule has 3 heteroatoms. The van der Waals surface area contributed by atoms with Crippen molar-refractivity contribution in [1.82, 2.24) is 4.90 Å². The molecular formula is C15H23NO2. The second-order valence-corrected chi connectivity index (χ2v) is 5.12. The van der Waals surface area contributed by atoms with E-state index >= 15 is 0 Å². The summed E-state index contributed by atoms with van der Waals surface area (Å²) in [6.07, 6.45) is 0.442. The molecule has 0 spiro atoms. The largest absolute Gasteiger partial charge is 0.388 e. The van der Waals surface area contributed by atoms with E-state index in [0.29, 0.717) is 0 Å². The highest BCUT2D eigenvalue weighted by atomic mass is 16.5. The second-order valence-electron chi connectivity index (χ2n) is 5.12. The van der Waals surface area contributed by atoms with Gasteiger partial charge in [-0.1, -0.05) is 23.8 Å². The zero-order chi connectivity index (χ0) is 13.0. The molecule has 1 aromatic carbocycles. The van der Waals surface area contributed by atoms with E-state index in [1.54, 1.807) is 0 Å². The molecule has 0 aromatic heterocycles. The Kier molecular flexibility index (Phi) is 4.75. The number of rotatable bonds is 4. The number of ether oxygens (including phenoxy) is 1. The van der Waals surface area contributed by atoms with Gasteiger partial charge in [-0.3, -0.25) is 4.90 Å². The average Bonchev–Trinajstić information content (AvgIpc) is 2.40. The van der Waals surface area contributed by atoms with E-state index in [9.17, 15) is 5.11 Å². The number of morpholine rings is 1. The maximum absolute atomic E-state index is 10.3. The highest BCUT2D eigenvalue weighted by Crippen LogP contribution is 2.22. The summed E-state index contributed by atoms with van der Waals surface area (Å²) in [5.41, 5.74) is 3.46. The first kappa shape index (κ1) is 13.5. The molecule has 1 heterocycles. The van der Waals surface area contributed by atoms with E-state index in [0.717, 1.165) is 44.8 Å². The van der Waals surface area contributed by atoms with E-state index in [1.807, 2.05) is 0 Å². The number of aliphatic hydroxyl groups excluding tert-OH is 1. The molecule has 3 nitrogen and oxygen atoms in total. The predicted octanol–water partition coefficient (Wildman–Crippen LogP) is 2.06. The van der Waals surface area contributed by atoms with Crippen molar-refractivity contribution in [2.45, 2.75) is 26.4 Å². The van der Waals surface area contributed by atoms with Gasteiger partial charge in [0.15, 0.2) is 0 Å². The quantitative estimate of drug-likeness (QED) is 0.886. The van der Waals surface area contributed by atoms with Crippen LogP contribution >= 0.6 is 0 Å². The third-order valence-electron chi connectivity index (χ3n) is 3.62. The fourth-order valence-electron chi connectivity index (χ4n) is 2.40. The molecule has 1 aliphatic heterocycles. The summed E-state index contributed by atoms with van der Waals surface area (Å²) < 4.78 is 5.32. The van der Waals surface area contributed by atoms with Crippen LogP contribution in [0.5, 0.6) is 0 Å². The van der Waals surface area contributed by atoms with Gasteiger partial charge in [0.1, 0.15) is 0 Å². The standard InChI is InChI=1S/C15H23NO2/c1-12-3-4-13(2)14(11-12)15(17)5-6-16-7-9-18-10-8-16/h3-4,11,15,17H,5-10H2,1-2H3. The van der Waals surface area contributed by atoms with Gasteiger partial charge in [0, 0.05) is 19.6 Å². The third-order valence-corrected chi connectivity index (χ3v) is 3.62. The molecular weight excluding hydrogens is 226 g/mol. The Balaban J connectivity index is 1.90. The molecule has 1 atom stereocenters. The molecule has 100 valence electrons. The molecule has 0 bridgehead atoms. The Morgan fingerprint density at radius 1 is 1.28 bits per heavy atom. The minimum absolute atomic E-state index is 0.354. The van der Waals surface area contributed by atoms with Crippen LogP contribution in [0.25, 0.3) is 0 Å². The summed E-state index contributed by atoms with van der Waals surface area (Å²) in [5, 5.41) is 10.3. The normalized spacial score (nSPS) is 18.8. The van der Waals surface area contributed by atoms with Gasteiger partial charge < -0.3 is 9.84 Å². The zero-order valence-electron chi connectivity index (χ0n) is 11.4. The van der Waals surface area contributed by atoms with Crippen molar-refractivity contribution in [1.29, 1.82) is 0 Å². The van der Waals surface area contributed by atoms with Crippen LogP contribution in [-0.4, -0.2) is 42.9 Å². The van der Waals surface area contributed by atoms with Crippen LogP contribution in [0, 0.1) is 13.8 Å². The lowest BCUT2D eigenvalue weighted by Crippen LogP contribution is -2.37. The summed E-state index contributed by atoms with van der Waals surface area (Å²) >= 11 is 0. The maximum atomic E-state index is 10.3. The van der Waals surface area contributed by atoms with Crippen LogP contribution < -0.4 is 0 Å². The smallest absolute Gasteiger partial charge is 0.0804 e. The van der Waals surface area contributed by atoms with Crippen LogP contribution in [0.1, 0.15) is 29.2 Å². The Labute approximate surface area is 109 Å². The Morgan fingerprint density at radius 3 is 2.72 bits per heavy atom. The Bertz CT molecular complexity index is 386. The van der Waals surface area contributed by atoms with Crippen LogP contribution in [0.15, 0.2) is 18.2 Å². The molecule has 1 N–H and O–H groups in total. The van der Waals surface area contributed by atoms with Crippen molar-refractivity contribution in [3.8, 4) is 0 Å². The first-order valence-corrected chi connectivity index (χ1v) is 6.72. The number of benzene rings is 1. The van der Waals surface area contributed by atoms with Crippen LogP contribution in [0.2, 0.25) is 0 Å². The van der Waals surface area contributed by atoms with Gasteiger partial charge in [-0.2, -0.15) is 0 Å². The third kappa shape index (κ3) is 3.55. The van der Waals surface area contributed by atoms with E-state index in [-0.39, 0.29) is 6.10 Å². The first-order chi connectivity index (χ1) is 8.66. The molecule has 1 aromatic rings. The first-order valence-electron chi connectivity index (χ1n) is 6.72. The highest BCUT2D eigenvalue weighted by molar-refractivity contribution is 5.32. The van der Waals surface area contributed by atoms with Crippen molar-refractivity contribution < 1.29 is 9.84 Å². The SMILES string of the molecule is Cc1ccc(C)c(C(O)CCN2CCOCC2)c1. The molecule has 1 unspecified atom stereocenters. The second kappa shape index (κ2) is 6.32. The summed E-state index contributed by atoms with van der Waals surface area (Å²) in [6.45, 7) is 8.68. The van der Waals surface area contributed by atoms with Crippen LogP contribution in [0.3, 0.4) is 0 Å². The Hall–Kier alpha value is -0.900. The molecule has 1 saturated heterocycles. The van der Waals surface area contributed by atoms with Gasteiger partial charge in [0.05, 0.1) is 19.3 Å². The van der Waals surface area contributed by atoms with E-state index in [4.69, 9.17) is 4.74 Å². The molecule has 0 radical (unpaired) electrons. The number of hydrogen-bond donors (Lipinski definition) is 1. The molecule has 18 heavy (non-hydrogen) atoms. The van der Waals surface area contributed by atoms with Crippen LogP contribution in [-0.2, 0) is 4.74 Å². The summed E-state index contributed by atoms with van der Waals surface area (Å²) in [4.78, 5) is 2.36. The van der Waals surface area contributed by atoms with E-state index < -0.39 is 0 Å². The lowest BCUT2D eigenvalue weighted by molar-refractivity contribution is 0.0300. The Morgan fingerprint density at radius 2 is 2.00 bits per heavy atom.